The van der Waals surface area contributed by atoms with Crippen molar-refractivity contribution in [1.29, 1.82) is 0 Å². The van der Waals surface area contributed by atoms with Gasteiger partial charge in [0.2, 0.25) is 0 Å². The van der Waals surface area contributed by atoms with E-state index in [0.717, 1.165) is 44.0 Å². The fourth-order valence-electron chi connectivity index (χ4n) is 3.94. The molecule has 0 aromatic heterocycles. The Bertz CT molecular complexity index is 529. The molecule has 0 bridgehead atoms. The van der Waals surface area contributed by atoms with Gasteiger partial charge in [0.05, 0.1) is 0 Å². The van der Waals surface area contributed by atoms with E-state index < -0.39 is 0 Å². The fourth-order valence-corrected chi connectivity index (χ4v) is 4.51. The summed E-state index contributed by atoms with van der Waals surface area (Å²) in [6.07, 6.45) is 9.29. The average molecular weight is 353 g/mol. The molecule has 0 saturated carbocycles. The highest BCUT2D eigenvalue weighted by Crippen LogP contribution is 2.37. The van der Waals surface area contributed by atoms with Crippen molar-refractivity contribution < 1.29 is 0 Å². The third-order valence-corrected chi connectivity index (χ3v) is 5.70. The van der Waals surface area contributed by atoms with E-state index in [1.54, 1.807) is 0 Å². The lowest BCUT2D eigenvalue weighted by Gasteiger charge is -2.43. The maximum atomic E-state index is 6.51. The van der Waals surface area contributed by atoms with Crippen molar-refractivity contribution in [3.05, 3.63) is 40.9 Å². The van der Waals surface area contributed by atoms with Gasteiger partial charge >= 0.3 is 0 Å². The van der Waals surface area contributed by atoms with Crippen LogP contribution in [0, 0.1) is 5.41 Å². The number of rotatable bonds is 3. The number of nitrogens with zero attached hydrogens (tertiary/aromatic N) is 1. The van der Waals surface area contributed by atoms with Gasteiger partial charge in [0.15, 0.2) is 0 Å². The van der Waals surface area contributed by atoms with Crippen molar-refractivity contribution >= 4 is 29.3 Å². The van der Waals surface area contributed by atoms with Crippen LogP contribution in [0.1, 0.15) is 31.2 Å². The molecule has 1 N–H and O–H groups in total. The van der Waals surface area contributed by atoms with Crippen LogP contribution in [-0.2, 0) is 0 Å². The summed E-state index contributed by atoms with van der Waals surface area (Å²) < 4.78 is 0. The van der Waals surface area contributed by atoms with E-state index in [2.05, 4.69) is 34.5 Å². The minimum absolute atomic E-state index is 0.328. The molecule has 2 aliphatic rings. The first-order chi connectivity index (χ1) is 11.2. The molecule has 2 atom stereocenters. The van der Waals surface area contributed by atoms with Gasteiger partial charge in [-0.25, -0.2) is 0 Å². The zero-order chi connectivity index (χ0) is 16.1. The predicted molar refractivity (Wildman–Crippen MR) is 100 cm³/mol. The number of benzene rings is 1. The van der Waals surface area contributed by atoms with Crippen molar-refractivity contribution in [2.75, 3.05) is 32.7 Å². The lowest BCUT2D eigenvalue weighted by Crippen LogP contribution is -2.48. The highest BCUT2D eigenvalue weighted by Gasteiger charge is 2.37. The smallest absolute Gasteiger partial charge is 0.0406 e. The van der Waals surface area contributed by atoms with Gasteiger partial charge in [-0.15, -0.1) is 11.6 Å². The molecule has 23 heavy (non-hydrogen) atoms. The summed E-state index contributed by atoms with van der Waals surface area (Å²) in [4.78, 5) is 2.58. The van der Waals surface area contributed by atoms with Crippen LogP contribution in [0.5, 0.6) is 0 Å². The molecular formula is C19H26Cl2N2. The molecule has 1 aromatic rings. The summed E-state index contributed by atoms with van der Waals surface area (Å²) in [5.74, 6) is 0. The Morgan fingerprint density at radius 3 is 2.96 bits per heavy atom. The number of alkyl halides is 1. The van der Waals surface area contributed by atoms with Gasteiger partial charge in [0.1, 0.15) is 0 Å². The summed E-state index contributed by atoms with van der Waals surface area (Å²) >= 11 is 12.4. The standard InChI is InChI=1S/C19H26Cl2N2/c20-17-6-4-16(5-7-17)3-1-11-23-12-2-9-19(15-23)13-18(21)8-10-22-14-19/h1,3-7,18,22H,2,8-15H2/b3-1+. The SMILES string of the molecule is Clc1ccc(/C=C/CN2CCCC3(CNCCC(Cl)C3)C2)cc1. The van der Waals surface area contributed by atoms with Crippen LogP contribution in [0.3, 0.4) is 0 Å². The Balaban J connectivity index is 1.57. The topological polar surface area (TPSA) is 15.3 Å². The largest absolute Gasteiger partial charge is 0.316 e. The lowest BCUT2D eigenvalue weighted by atomic mass is 9.76. The van der Waals surface area contributed by atoms with E-state index in [9.17, 15) is 0 Å². The summed E-state index contributed by atoms with van der Waals surface area (Å²) in [7, 11) is 0. The molecule has 2 fully saturated rings. The fraction of sp³-hybridized carbons (Fsp3) is 0.579. The second kappa shape index (κ2) is 8.02. The van der Waals surface area contributed by atoms with Crippen molar-refractivity contribution in [2.45, 2.75) is 31.1 Å². The first kappa shape index (κ1) is 17.3. The molecule has 2 saturated heterocycles. The Morgan fingerprint density at radius 2 is 2.13 bits per heavy atom. The quantitative estimate of drug-likeness (QED) is 0.809. The summed E-state index contributed by atoms with van der Waals surface area (Å²) in [6.45, 7) is 5.55. The molecule has 2 nitrogen and oxygen atoms in total. The number of hydrogen-bond acceptors (Lipinski definition) is 2. The van der Waals surface area contributed by atoms with Gasteiger partial charge < -0.3 is 5.32 Å². The van der Waals surface area contributed by atoms with Gasteiger partial charge in [-0.2, -0.15) is 0 Å². The molecule has 4 heteroatoms. The highest BCUT2D eigenvalue weighted by atomic mass is 35.5. The van der Waals surface area contributed by atoms with Crippen molar-refractivity contribution in [3.63, 3.8) is 0 Å². The van der Waals surface area contributed by atoms with E-state index in [4.69, 9.17) is 23.2 Å². The van der Waals surface area contributed by atoms with Gasteiger partial charge in [-0.3, -0.25) is 4.90 Å². The zero-order valence-electron chi connectivity index (χ0n) is 13.6. The molecule has 0 aliphatic carbocycles. The van der Waals surface area contributed by atoms with Crippen molar-refractivity contribution in [3.8, 4) is 0 Å². The first-order valence-corrected chi connectivity index (χ1v) is 9.46. The highest BCUT2D eigenvalue weighted by molar-refractivity contribution is 6.30. The molecule has 2 heterocycles. The Hall–Kier alpha value is -0.540. The van der Waals surface area contributed by atoms with Gasteiger partial charge in [-0.05, 0) is 61.9 Å². The molecule has 1 aromatic carbocycles. The number of nitrogens with one attached hydrogen (secondary N) is 1. The van der Waals surface area contributed by atoms with Crippen LogP contribution in [0.15, 0.2) is 30.3 Å². The Labute approximate surface area is 149 Å². The molecule has 2 aliphatic heterocycles. The molecule has 126 valence electrons. The number of likely N-dealkylation sites (tertiary alicyclic amines) is 1. The summed E-state index contributed by atoms with van der Waals surface area (Å²) in [5, 5.41) is 4.72. The summed E-state index contributed by atoms with van der Waals surface area (Å²) in [6, 6.07) is 8.00. The van der Waals surface area contributed by atoms with Crippen LogP contribution in [0.2, 0.25) is 5.02 Å². The molecular weight excluding hydrogens is 327 g/mol. The lowest BCUT2D eigenvalue weighted by molar-refractivity contribution is 0.0926. The second-order valence-electron chi connectivity index (χ2n) is 7.06. The Kier molecular flexibility index (Phi) is 6.03. The van der Waals surface area contributed by atoms with Crippen LogP contribution >= 0.6 is 23.2 Å². The van der Waals surface area contributed by atoms with Gasteiger partial charge in [0, 0.05) is 30.0 Å². The zero-order valence-corrected chi connectivity index (χ0v) is 15.1. The number of halogens is 2. The maximum absolute atomic E-state index is 6.51. The molecule has 2 unspecified atom stereocenters. The third kappa shape index (κ3) is 4.96. The molecule has 0 radical (unpaired) electrons. The van der Waals surface area contributed by atoms with E-state index in [-0.39, 0.29) is 0 Å². The molecule has 0 amide bonds. The second-order valence-corrected chi connectivity index (χ2v) is 8.11. The van der Waals surface area contributed by atoms with Crippen molar-refractivity contribution in [2.24, 2.45) is 5.41 Å². The number of hydrogen-bond donors (Lipinski definition) is 1. The van der Waals surface area contributed by atoms with Crippen LogP contribution in [0.4, 0.5) is 0 Å². The minimum Gasteiger partial charge on any atom is -0.316 e. The van der Waals surface area contributed by atoms with E-state index in [0.29, 0.717) is 10.8 Å². The number of piperidine rings is 1. The predicted octanol–water partition coefficient (Wildman–Crippen LogP) is 4.43. The Morgan fingerprint density at radius 1 is 1.30 bits per heavy atom. The maximum Gasteiger partial charge on any atom is 0.0406 e. The van der Waals surface area contributed by atoms with Crippen LogP contribution in [0.25, 0.3) is 6.08 Å². The average Bonchev–Trinajstić information content (AvgIpc) is 2.71. The molecule has 3 rings (SSSR count). The van der Waals surface area contributed by atoms with E-state index in [1.807, 2.05) is 12.1 Å². The molecule has 1 spiro atoms. The summed E-state index contributed by atoms with van der Waals surface area (Å²) in [5.41, 5.74) is 1.58. The monoisotopic (exact) mass is 352 g/mol. The minimum atomic E-state index is 0.328. The third-order valence-electron chi connectivity index (χ3n) is 5.07. The first-order valence-electron chi connectivity index (χ1n) is 8.65. The van der Waals surface area contributed by atoms with Crippen molar-refractivity contribution in [1.82, 2.24) is 10.2 Å². The van der Waals surface area contributed by atoms with E-state index >= 15 is 0 Å². The van der Waals surface area contributed by atoms with Crippen LogP contribution in [-0.4, -0.2) is 43.0 Å². The van der Waals surface area contributed by atoms with E-state index in [1.165, 1.54) is 24.9 Å². The van der Waals surface area contributed by atoms with Gasteiger partial charge in [0.25, 0.3) is 0 Å². The van der Waals surface area contributed by atoms with Crippen LogP contribution < -0.4 is 5.32 Å². The normalized spacial score (nSPS) is 29.9. The van der Waals surface area contributed by atoms with Gasteiger partial charge in [-0.1, -0.05) is 35.9 Å².